The van der Waals surface area contributed by atoms with Crippen molar-refractivity contribution in [2.45, 2.75) is 19.9 Å². The highest BCUT2D eigenvalue weighted by Crippen LogP contribution is 2.30. The maximum absolute atomic E-state index is 10.7. The van der Waals surface area contributed by atoms with Gasteiger partial charge in [0.2, 0.25) is 0 Å². The molecule has 1 N–H and O–H groups in total. The SMILES string of the molecule is CC(C)n1ccc(-c2cccc(C=O)c2O)n1. The highest BCUT2D eigenvalue weighted by atomic mass is 16.3. The fourth-order valence-electron chi connectivity index (χ4n) is 1.63. The summed E-state index contributed by atoms with van der Waals surface area (Å²) in [7, 11) is 0. The predicted molar refractivity (Wildman–Crippen MR) is 65.1 cm³/mol. The van der Waals surface area contributed by atoms with E-state index >= 15 is 0 Å². The van der Waals surface area contributed by atoms with Crippen LogP contribution < -0.4 is 0 Å². The summed E-state index contributed by atoms with van der Waals surface area (Å²) in [6, 6.07) is 7.14. The van der Waals surface area contributed by atoms with E-state index in [0.717, 1.165) is 0 Å². The molecule has 4 heteroatoms. The fourth-order valence-corrected chi connectivity index (χ4v) is 1.63. The molecule has 1 aromatic carbocycles. The van der Waals surface area contributed by atoms with Crippen molar-refractivity contribution < 1.29 is 9.90 Å². The smallest absolute Gasteiger partial charge is 0.153 e. The molecule has 1 heterocycles. The molecule has 0 aliphatic carbocycles. The van der Waals surface area contributed by atoms with Crippen LogP contribution in [0.15, 0.2) is 30.5 Å². The summed E-state index contributed by atoms with van der Waals surface area (Å²) in [4.78, 5) is 10.7. The van der Waals surface area contributed by atoms with Crippen molar-refractivity contribution in [2.75, 3.05) is 0 Å². The molecule has 4 nitrogen and oxygen atoms in total. The molecule has 0 radical (unpaired) electrons. The summed E-state index contributed by atoms with van der Waals surface area (Å²) < 4.78 is 1.81. The van der Waals surface area contributed by atoms with Crippen LogP contribution in [0.2, 0.25) is 0 Å². The Morgan fingerprint density at radius 3 is 2.71 bits per heavy atom. The third-order valence-electron chi connectivity index (χ3n) is 2.61. The number of phenolic OH excluding ortho intramolecular Hbond substituents is 1. The first-order valence-corrected chi connectivity index (χ1v) is 5.46. The van der Waals surface area contributed by atoms with E-state index in [1.165, 1.54) is 0 Å². The van der Waals surface area contributed by atoms with Crippen LogP contribution in [-0.4, -0.2) is 21.2 Å². The average molecular weight is 230 g/mol. The van der Waals surface area contributed by atoms with Gasteiger partial charge in [-0.05, 0) is 32.0 Å². The molecule has 0 unspecified atom stereocenters. The Labute approximate surface area is 99.5 Å². The van der Waals surface area contributed by atoms with E-state index in [1.807, 2.05) is 30.8 Å². The minimum atomic E-state index is -0.0171. The van der Waals surface area contributed by atoms with E-state index in [9.17, 15) is 9.90 Å². The molecule has 0 bridgehead atoms. The summed E-state index contributed by atoms with van der Waals surface area (Å²) >= 11 is 0. The monoisotopic (exact) mass is 230 g/mol. The van der Waals surface area contributed by atoms with Gasteiger partial charge in [0.25, 0.3) is 0 Å². The molecule has 2 rings (SSSR count). The van der Waals surface area contributed by atoms with Gasteiger partial charge in [-0.2, -0.15) is 5.10 Å². The van der Waals surface area contributed by atoms with Crippen LogP contribution in [0.1, 0.15) is 30.2 Å². The van der Waals surface area contributed by atoms with Gasteiger partial charge in [0, 0.05) is 17.8 Å². The highest BCUT2D eigenvalue weighted by Gasteiger charge is 2.11. The molecule has 0 aliphatic rings. The number of hydrogen-bond acceptors (Lipinski definition) is 3. The van der Waals surface area contributed by atoms with Crippen molar-refractivity contribution in [3.05, 3.63) is 36.0 Å². The van der Waals surface area contributed by atoms with Crippen LogP contribution in [0.4, 0.5) is 0 Å². The van der Waals surface area contributed by atoms with Crippen LogP contribution in [0.5, 0.6) is 5.75 Å². The van der Waals surface area contributed by atoms with Gasteiger partial charge in [-0.3, -0.25) is 9.48 Å². The summed E-state index contributed by atoms with van der Waals surface area (Å²) in [6.45, 7) is 4.05. The second kappa shape index (κ2) is 4.41. The number of aromatic hydroxyl groups is 1. The summed E-state index contributed by atoms with van der Waals surface area (Å²) in [5.74, 6) is -0.0171. The Morgan fingerprint density at radius 1 is 1.35 bits per heavy atom. The van der Waals surface area contributed by atoms with E-state index in [-0.39, 0.29) is 17.4 Å². The van der Waals surface area contributed by atoms with Crippen molar-refractivity contribution in [1.29, 1.82) is 0 Å². The summed E-state index contributed by atoms with van der Waals surface area (Å²) in [6.07, 6.45) is 2.49. The molecule has 17 heavy (non-hydrogen) atoms. The van der Waals surface area contributed by atoms with Crippen molar-refractivity contribution in [3.8, 4) is 17.0 Å². The first kappa shape index (κ1) is 11.4. The highest BCUT2D eigenvalue weighted by molar-refractivity contribution is 5.84. The zero-order valence-electron chi connectivity index (χ0n) is 9.79. The van der Waals surface area contributed by atoms with E-state index < -0.39 is 0 Å². The lowest BCUT2D eigenvalue weighted by Gasteiger charge is -2.05. The number of aromatic nitrogens is 2. The fraction of sp³-hybridized carbons (Fsp3) is 0.231. The number of rotatable bonds is 3. The Bertz CT molecular complexity index is 544. The standard InChI is InChI=1S/C13H14N2O2/c1-9(2)15-7-6-12(14-15)11-5-3-4-10(8-16)13(11)17/h3-9,17H,1-2H3. The third-order valence-corrected chi connectivity index (χ3v) is 2.61. The molecule has 0 saturated heterocycles. The molecule has 1 aromatic heterocycles. The van der Waals surface area contributed by atoms with Gasteiger partial charge in [-0.1, -0.05) is 6.07 Å². The van der Waals surface area contributed by atoms with Gasteiger partial charge in [0.05, 0.1) is 11.3 Å². The number of carbonyl (C=O) groups excluding carboxylic acids is 1. The molecule has 2 aromatic rings. The second-order valence-corrected chi connectivity index (χ2v) is 4.14. The zero-order valence-corrected chi connectivity index (χ0v) is 9.79. The van der Waals surface area contributed by atoms with Gasteiger partial charge in [-0.25, -0.2) is 0 Å². The van der Waals surface area contributed by atoms with Gasteiger partial charge in [0.15, 0.2) is 6.29 Å². The molecular weight excluding hydrogens is 216 g/mol. The normalized spacial score (nSPS) is 10.8. The first-order chi connectivity index (χ1) is 8.13. The zero-order chi connectivity index (χ0) is 12.4. The lowest BCUT2D eigenvalue weighted by molar-refractivity contribution is 0.112. The Hall–Kier alpha value is -2.10. The number of aldehydes is 1. The van der Waals surface area contributed by atoms with Gasteiger partial charge < -0.3 is 5.11 Å². The van der Waals surface area contributed by atoms with Crippen molar-refractivity contribution in [2.24, 2.45) is 0 Å². The molecule has 0 fully saturated rings. The number of para-hydroxylation sites is 1. The van der Waals surface area contributed by atoms with Crippen molar-refractivity contribution in [3.63, 3.8) is 0 Å². The average Bonchev–Trinajstić information content (AvgIpc) is 2.78. The van der Waals surface area contributed by atoms with Gasteiger partial charge >= 0.3 is 0 Å². The minimum Gasteiger partial charge on any atom is -0.506 e. The lowest BCUT2D eigenvalue weighted by atomic mass is 10.1. The summed E-state index contributed by atoms with van der Waals surface area (Å²) in [5, 5.41) is 14.3. The molecule has 0 saturated carbocycles. The Morgan fingerprint density at radius 2 is 2.12 bits per heavy atom. The second-order valence-electron chi connectivity index (χ2n) is 4.14. The van der Waals surface area contributed by atoms with Gasteiger partial charge in [0.1, 0.15) is 5.75 Å². The van der Waals surface area contributed by atoms with E-state index in [2.05, 4.69) is 5.10 Å². The maximum atomic E-state index is 10.7. The first-order valence-electron chi connectivity index (χ1n) is 5.46. The number of nitrogens with zero attached hydrogens (tertiary/aromatic N) is 2. The molecule has 0 spiro atoms. The van der Waals surface area contributed by atoms with Crippen molar-refractivity contribution >= 4 is 6.29 Å². The van der Waals surface area contributed by atoms with Gasteiger partial charge in [-0.15, -0.1) is 0 Å². The molecular formula is C13H14N2O2. The van der Waals surface area contributed by atoms with E-state index in [1.54, 1.807) is 18.2 Å². The number of hydrogen-bond donors (Lipinski definition) is 1. The minimum absolute atomic E-state index is 0.0171. The van der Waals surface area contributed by atoms with Crippen LogP contribution in [0.3, 0.4) is 0 Å². The topological polar surface area (TPSA) is 55.1 Å². The quantitative estimate of drug-likeness (QED) is 0.825. The van der Waals surface area contributed by atoms with E-state index in [0.29, 0.717) is 17.5 Å². The number of benzene rings is 1. The lowest BCUT2D eigenvalue weighted by Crippen LogP contribution is -2.00. The maximum Gasteiger partial charge on any atom is 0.153 e. The van der Waals surface area contributed by atoms with Crippen LogP contribution in [0.25, 0.3) is 11.3 Å². The number of carbonyl (C=O) groups is 1. The Kier molecular flexibility index (Phi) is 2.95. The molecule has 88 valence electrons. The third kappa shape index (κ3) is 2.06. The van der Waals surface area contributed by atoms with Crippen LogP contribution in [0, 0.1) is 0 Å². The predicted octanol–water partition coefficient (Wildman–Crippen LogP) is 2.65. The van der Waals surface area contributed by atoms with Crippen molar-refractivity contribution in [1.82, 2.24) is 9.78 Å². The molecule has 0 amide bonds. The Balaban J connectivity index is 2.49. The largest absolute Gasteiger partial charge is 0.506 e. The number of phenols is 1. The van der Waals surface area contributed by atoms with Crippen LogP contribution >= 0.6 is 0 Å². The molecule has 0 aliphatic heterocycles. The van der Waals surface area contributed by atoms with E-state index in [4.69, 9.17) is 0 Å². The van der Waals surface area contributed by atoms with Crippen LogP contribution in [-0.2, 0) is 0 Å². The molecule has 0 atom stereocenters. The summed E-state index contributed by atoms with van der Waals surface area (Å²) in [5.41, 5.74) is 1.52.